The fourth-order valence-electron chi connectivity index (χ4n) is 3.18. The van der Waals surface area contributed by atoms with Crippen LogP contribution in [0.5, 0.6) is 0 Å². The van der Waals surface area contributed by atoms with Crippen molar-refractivity contribution in [2.75, 3.05) is 0 Å². The van der Waals surface area contributed by atoms with Crippen molar-refractivity contribution in [1.82, 2.24) is 20.6 Å². The van der Waals surface area contributed by atoms with Crippen molar-refractivity contribution in [2.24, 2.45) is 5.92 Å². The predicted octanol–water partition coefficient (Wildman–Crippen LogP) is 1.37. The van der Waals surface area contributed by atoms with Crippen molar-refractivity contribution >= 4 is 23.2 Å². The number of rotatable bonds is 6. The summed E-state index contributed by atoms with van der Waals surface area (Å²) in [6.07, 6.45) is 4.85. The molecule has 1 fully saturated rings. The maximum Gasteiger partial charge on any atom is 0.250 e. The van der Waals surface area contributed by atoms with Crippen LogP contribution in [0.2, 0.25) is 0 Å². The van der Waals surface area contributed by atoms with Gasteiger partial charge in [0.05, 0.1) is 25.0 Å². The van der Waals surface area contributed by atoms with Crippen LogP contribution in [0.25, 0.3) is 0 Å². The Morgan fingerprint density at radius 2 is 2.08 bits per heavy atom. The number of carbonyl (C=O) groups is 2. The number of hydrogen-bond donors (Lipinski definition) is 3. The first-order valence-electron chi connectivity index (χ1n) is 8.73. The first kappa shape index (κ1) is 18.3. The molecular formula is C18H22N4O3S. The quantitative estimate of drug-likeness (QED) is 0.710. The van der Waals surface area contributed by atoms with Gasteiger partial charge in [0.25, 0.3) is 5.56 Å². The normalized spacial score (nSPS) is 19.7. The summed E-state index contributed by atoms with van der Waals surface area (Å²) in [6, 6.07) is 5.42. The molecule has 0 spiro atoms. The van der Waals surface area contributed by atoms with Gasteiger partial charge in [-0.2, -0.15) is 0 Å². The van der Waals surface area contributed by atoms with E-state index in [0.717, 1.165) is 30.6 Å². The zero-order valence-corrected chi connectivity index (χ0v) is 15.2. The number of H-pyrrole nitrogens is 1. The molecular weight excluding hydrogens is 352 g/mol. The van der Waals surface area contributed by atoms with E-state index < -0.39 is 0 Å². The number of thiophene rings is 1. The first-order valence-corrected chi connectivity index (χ1v) is 9.61. The molecule has 3 N–H and O–H groups in total. The largest absolute Gasteiger partial charge is 0.353 e. The number of nitrogens with one attached hydrogen (secondary N) is 3. The van der Waals surface area contributed by atoms with Crippen molar-refractivity contribution < 1.29 is 9.59 Å². The average Bonchev–Trinajstić information content (AvgIpc) is 3.13. The molecule has 0 aliphatic heterocycles. The van der Waals surface area contributed by atoms with Gasteiger partial charge in [0.15, 0.2) is 0 Å². The van der Waals surface area contributed by atoms with E-state index in [0.29, 0.717) is 12.1 Å². The molecule has 2 amide bonds. The van der Waals surface area contributed by atoms with Gasteiger partial charge in [-0.15, -0.1) is 11.3 Å². The third-order valence-corrected chi connectivity index (χ3v) is 5.43. The van der Waals surface area contributed by atoms with Gasteiger partial charge in [-0.1, -0.05) is 6.07 Å². The molecule has 0 unspecified atom stereocenters. The molecule has 0 saturated heterocycles. The predicted molar refractivity (Wildman–Crippen MR) is 98.6 cm³/mol. The molecule has 1 aliphatic rings. The lowest BCUT2D eigenvalue weighted by atomic mass is 9.85. The third-order valence-electron chi connectivity index (χ3n) is 4.56. The van der Waals surface area contributed by atoms with E-state index >= 15 is 0 Å². The molecule has 1 saturated carbocycles. The molecule has 3 rings (SSSR count). The lowest BCUT2D eigenvalue weighted by Gasteiger charge is -2.28. The van der Waals surface area contributed by atoms with E-state index in [9.17, 15) is 14.4 Å². The van der Waals surface area contributed by atoms with Crippen LogP contribution in [0, 0.1) is 5.92 Å². The summed E-state index contributed by atoms with van der Waals surface area (Å²) in [7, 11) is 0. The summed E-state index contributed by atoms with van der Waals surface area (Å²) in [5.74, 6) is -0.0291. The molecule has 2 aromatic rings. The minimum atomic E-state index is -0.233. The number of nitrogens with zero attached hydrogens (tertiary/aromatic N) is 1. The minimum Gasteiger partial charge on any atom is -0.353 e. The number of amides is 2. The maximum atomic E-state index is 12.3. The molecule has 7 nitrogen and oxygen atoms in total. The number of hydrogen-bond acceptors (Lipinski definition) is 5. The van der Waals surface area contributed by atoms with Gasteiger partial charge in [0.2, 0.25) is 11.8 Å². The standard InChI is InChI=1S/C18H22N4O3S/c23-16-8-14(20-11-21-16)10-19-18(25)12-3-5-13(6-4-12)22-17(24)9-15-2-1-7-26-15/h1-2,7-8,11-13H,3-6,9-10H2,(H,19,25)(H,22,24)(H,20,21,23). The summed E-state index contributed by atoms with van der Waals surface area (Å²) in [6.45, 7) is 0.250. The molecule has 26 heavy (non-hydrogen) atoms. The zero-order chi connectivity index (χ0) is 18.4. The summed E-state index contributed by atoms with van der Waals surface area (Å²) in [4.78, 5) is 43.1. The topological polar surface area (TPSA) is 104 Å². The molecule has 0 aromatic carbocycles. The number of carbonyl (C=O) groups excluding carboxylic acids is 2. The minimum absolute atomic E-state index is 0.0181. The van der Waals surface area contributed by atoms with Gasteiger partial charge < -0.3 is 15.6 Å². The van der Waals surface area contributed by atoms with Gasteiger partial charge in [-0.25, -0.2) is 4.98 Å². The highest BCUT2D eigenvalue weighted by Crippen LogP contribution is 2.24. The Kier molecular flexibility index (Phi) is 6.17. The van der Waals surface area contributed by atoms with E-state index in [2.05, 4.69) is 20.6 Å². The summed E-state index contributed by atoms with van der Waals surface area (Å²) >= 11 is 1.58. The molecule has 0 atom stereocenters. The molecule has 2 heterocycles. The van der Waals surface area contributed by atoms with Crippen molar-refractivity contribution in [2.45, 2.75) is 44.7 Å². The van der Waals surface area contributed by atoms with Crippen LogP contribution >= 0.6 is 11.3 Å². The molecule has 1 aliphatic carbocycles. The second-order valence-corrected chi connectivity index (χ2v) is 7.52. The Labute approximate surface area is 155 Å². The van der Waals surface area contributed by atoms with Crippen LogP contribution in [-0.2, 0) is 22.6 Å². The van der Waals surface area contributed by atoms with E-state index in [1.54, 1.807) is 11.3 Å². The Morgan fingerprint density at radius 1 is 1.27 bits per heavy atom. The van der Waals surface area contributed by atoms with Crippen LogP contribution in [0.4, 0.5) is 0 Å². The highest BCUT2D eigenvalue weighted by molar-refractivity contribution is 7.10. The van der Waals surface area contributed by atoms with Crippen molar-refractivity contribution in [3.8, 4) is 0 Å². The Morgan fingerprint density at radius 3 is 2.77 bits per heavy atom. The SMILES string of the molecule is O=C(Cc1cccs1)NC1CCC(C(=O)NCc2cc(=O)[nH]cn2)CC1. The van der Waals surface area contributed by atoms with Crippen LogP contribution in [-0.4, -0.2) is 27.8 Å². The highest BCUT2D eigenvalue weighted by atomic mass is 32.1. The summed E-state index contributed by atoms with van der Waals surface area (Å²) in [5.41, 5.74) is 0.305. The Balaban J connectivity index is 1.39. The molecule has 138 valence electrons. The average molecular weight is 374 g/mol. The van der Waals surface area contributed by atoms with E-state index in [-0.39, 0.29) is 35.9 Å². The van der Waals surface area contributed by atoms with Gasteiger partial charge >= 0.3 is 0 Å². The van der Waals surface area contributed by atoms with Crippen molar-refractivity contribution in [3.63, 3.8) is 0 Å². The molecule has 8 heteroatoms. The number of aromatic nitrogens is 2. The number of aromatic amines is 1. The van der Waals surface area contributed by atoms with E-state index in [1.165, 1.54) is 12.4 Å². The summed E-state index contributed by atoms with van der Waals surface area (Å²) < 4.78 is 0. The molecule has 2 aromatic heterocycles. The lowest BCUT2D eigenvalue weighted by Crippen LogP contribution is -2.41. The molecule has 0 radical (unpaired) electrons. The lowest BCUT2D eigenvalue weighted by molar-refractivity contribution is -0.126. The third kappa shape index (κ3) is 5.26. The first-order chi connectivity index (χ1) is 12.6. The second kappa shape index (κ2) is 8.75. The maximum absolute atomic E-state index is 12.3. The summed E-state index contributed by atoms with van der Waals surface area (Å²) in [5, 5.41) is 7.88. The van der Waals surface area contributed by atoms with Gasteiger partial charge in [-0.05, 0) is 37.1 Å². The van der Waals surface area contributed by atoms with E-state index in [4.69, 9.17) is 0 Å². The zero-order valence-electron chi connectivity index (χ0n) is 14.4. The monoisotopic (exact) mass is 374 g/mol. The van der Waals surface area contributed by atoms with Gasteiger partial charge in [0, 0.05) is 22.9 Å². The molecule has 0 bridgehead atoms. The fourth-order valence-corrected chi connectivity index (χ4v) is 3.88. The van der Waals surface area contributed by atoms with Crippen LogP contribution < -0.4 is 16.2 Å². The second-order valence-electron chi connectivity index (χ2n) is 6.49. The Hall–Kier alpha value is -2.48. The van der Waals surface area contributed by atoms with Crippen molar-refractivity contribution in [3.05, 3.63) is 50.8 Å². The Bertz CT molecular complexity index is 795. The van der Waals surface area contributed by atoms with Gasteiger partial charge in [0.1, 0.15) is 0 Å². The van der Waals surface area contributed by atoms with Gasteiger partial charge in [-0.3, -0.25) is 14.4 Å². The fraction of sp³-hybridized carbons (Fsp3) is 0.444. The van der Waals surface area contributed by atoms with Crippen LogP contribution in [0.15, 0.2) is 34.7 Å². The van der Waals surface area contributed by atoms with Crippen LogP contribution in [0.3, 0.4) is 0 Å². The highest BCUT2D eigenvalue weighted by Gasteiger charge is 2.27. The van der Waals surface area contributed by atoms with E-state index in [1.807, 2.05) is 17.5 Å². The van der Waals surface area contributed by atoms with Crippen LogP contribution in [0.1, 0.15) is 36.3 Å². The van der Waals surface area contributed by atoms with Crippen molar-refractivity contribution in [1.29, 1.82) is 0 Å². The smallest absolute Gasteiger partial charge is 0.250 e.